The number of aromatic nitrogens is 1. The number of primary sulfonamides is 1. The summed E-state index contributed by atoms with van der Waals surface area (Å²) >= 11 is 7.29. The molecular formula is C25H19ClN6O3S2. The molecule has 0 bridgehead atoms. The highest BCUT2D eigenvalue weighted by Crippen LogP contribution is 2.27. The fourth-order valence-corrected chi connectivity index (χ4v) is 4.76. The molecule has 0 saturated carbocycles. The quantitative estimate of drug-likeness (QED) is 0.282. The lowest BCUT2D eigenvalue weighted by Crippen LogP contribution is -2.38. The van der Waals surface area contributed by atoms with Gasteiger partial charge in [-0.3, -0.25) is 10.2 Å². The number of amides is 1. The molecule has 4 aromatic rings. The predicted molar refractivity (Wildman–Crippen MR) is 146 cm³/mol. The number of nitrogens with one attached hydrogen (secondary N) is 2. The summed E-state index contributed by atoms with van der Waals surface area (Å²) in [6.07, 6.45) is 1.70. The third-order valence-electron chi connectivity index (χ3n) is 5.23. The number of hydrogen-bond acceptors (Lipinski definition) is 8. The zero-order valence-electron chi connectivity index (χ0n) is 19.0. The van der Waals surface area contributed by atoms with Crippen LogP contribution in [0.4, 0.5) is 16.6 Å². The molecule has 3 aromatic carbocycles. The third-order valence-corrected chi connectivity index (χ3v) is 7.17. The van der Waals surface area contributed by atoms with Crippen LogP contribution in [0.3, 0.4) is 0 Å². The van der Waals surface area contributed by atoms with Gasteiger partial charge in [0.05, 0.1) is 4.90 Å². The molecule has 5 rings (SSSR count). The maximum absolute atomic E-state index is 13.3. The first-order chi connectivity index (χ1) is 17.8. The number of sulfonamides is 1. The van der Waals surface area contributed by atoms with Crippen LogP contribution in [0, 0.1) is 0 Å². The summed E-state index contributed by atoms with van der Waals surface area (Å²) in [6.45, 7) is 0. The van der Waals surface area contributed by atoms with Crippen LogP contribution >= 0.6 is 22.9 Å². The molecule has 2 heterocycles. The second-order valence-corrected chi connectivity index (χ2v) is 10.7. The van der Waals surface area contributed by atoms with E-state index >= 15 is 0 Å². The van der Waals surface area contributed by atoms with E-state index in [9.17, 15) is 13.2 Å². The molecule has 0 fully saturated rings. The van der Waals surface area contributed by atoms with Gasteiger partial charge in [-0.1, -0.05) is 54.1 Å². The number of nitrogens with zero attached hydrogens (tertiary/aromatic N) is 3. The summed E-state index contributed by atoms with van der Waals surface area (Å²) in [5.74, 6) is 0.528. The first-order valence-electron chi connectivity index (χ1n) is 10.8. The number of nitrogens with two attached hydrogens (primary N) is 1. The SMILES string of the molecule is NS(=O)(=O)c1ccc(Nc2nc(NN3C(=O)/C(=C\c4ccc(Cl)cc4)N=C3c3ccccc3)cs2)cc1. The fraction of sp³-hybridized carbons (Fsp3) is 0. The minimum atomic E-state index is -3.77. The second kappa shape index (κ2) is 10.1. The molecule has 186 valence electrons. The number of hydrogen-bond donors (Lipinski definition) is 3. The monoisotopic (exact) mass is 550 g/mol. The van der Waals surface area contributed by atoms with Crippen LogP contribution < -0.4 is 15.9 Å². The van der Waals surface area contributed by atoms with Gasteiger partial charge in [0.25, 0.3) is 5.91 Å². The predicted octanol–water partition coefficient (Wildman–Crippen LogP) is 4.84. The van der Waals surface area contributed by atoms with Crippen molar-refractivity contribution < 1.29 is 13.2 Å². The number of amidine groups is 1. The second-order valence-electron chi connectivity index (χ2n) is 7.87. The summed E-state index contributed by atoms with van der Waals surface area (Å²) in [4.78, 5) is 22.4. The van der Waals surface area contributed by atoms with Gasteiger partial charge in [-0.05, 0) is 48.0 Å². The van der Waals surface area contributed by atoms with Gasteiger partial charge in [-0.25, -0.2) is 23.5 Å². The van der Waals surface area contributed by atoms with Gasteiger partial charge in [0.15, 0.2) is 16.8 Å². The van der Waals surface area contributed by atoms with E-state index < -0.39 is 10.0 Å². The summed E-state index contributed by atoms with van der Waals surface area (Å²) in [5.41, 5.74) is 5.49. The van der Waals surface area contributed by atoms with E-state index in [1.807, 2.05) is 42.5 Å². The molecule has 0 saturated heterocycles. The number of thiazole rings is 1. The van der Waals surface area contributed by atoms with Crippen LogP contribution in [0.15, 0.2) is 99.8 Å². The first-order valence-corrected chi connectivity index (χ1v) is 13.6. The van der Waals surface area contributed by atoms with E-state index in [-0.39, 0.29) is 16.5 Å². The van der Waals surface area contributed by atoms with Crippen LogP contribution in [0.25, 0.3) is 6.08 Å². The van der Waals surface area contributed by atoms with Gasteiger partial charge >= 0.3 is 0 Å². The molecule has 0 atom stereocenters. The Kier molecular flexibility index (Phi) is 6.76. The Balaban J connectivity index is 1.38. The van der Waals surface area contributed by atoms with E-state index in [2.05, 4.69) is 20.7 Å². The summed E-state index contributed by atoms with van der Waals surface area (Å²) < 4.78 is 22.9. The highest BCUT2D eigenvalue weighted by Gasteiger charge is 2.32. The van der Waals surface area contributed by atoms with Crippen LogP contribution in [0.2, 0.25) is 5.02 Å². The number of aliphatic imine (C=N–C) groups is 1. The normalized spacial score (nSPS) is 14.6. The zero-order chi connectivity index (χ0) is 26.0. The Morgan fingerprint density at radius 1 is 0.973 bits per heavy atom. The molecule has 12 heteroatoms. The van der Waals surface area contributed by atoms with Crippen molar-refractivity contribution >= 4 is 67.4 Å². The van der Waals surface area contributed by atoms with Gasteiger partial charge in [0.1, 0.15) is 5.70 Å². The lowest BCUT2D eigenvalue weighted by atomic mass is 10.2. The molecule has 37 heavy (non-hydrogen) atoms. The molecule has 1 aliphatic heterocycles. The van der Waals surface area contributed by atoms with E-state index in [4.69, 9.17) is 16.7 Å². The highest BCUT2D eigenvalue weighted by molar-refractivity contribution is 7.89. The van der Waals surface area contributed by atoms with Gasteiger partial charge in [-0.15, -0.1) is 11.3 Å². The molecule has 1 aliphatic rings. The Hall–Kier alpha value is -4.03. The number of hydrazine groups is 1. The fourth-order valence-electron chi connectivity index (χ4n) is 3.47. The van der Waals surface area contributed by atoms with Crippen molar-refractivity contribution in [3.05, 3.63) is 106 Å². The van der Waals surface area contributed by atoms with Crippen molar-refractivity contribution in [3.8, 4) is 0 Å². The van der Waals surface area contributed by atoms with Crippen LogP contribution in [0.5, 0.6) is 0 Å². The zero-order valence-corrected chi connectivity index (χ0v) is 21.4. The van der Waals surface area contributed by atoms with Crippen molar-refractivity contribution in [1.29, 1.82) is 0 Å². The van der Waals surface area contributed by atoms with Crippen LogP contribution in [0.1, 0.15) is 11.1 Å². The molecule has 1 aromatic heterocycles. The number of rotatable bonds is 7. The number of benzene rings is 3. The molecule has 0 spiro atoms. The van der Waals surface area contributed by atoms with Gasteiger partial charge in [0.2, 0.25) is 10.0 Å². The summed E-state index contributed by atoms with van der Waals surface area (Å²) in [7, 11) is -3.77. The Morgan fingerprint density at radius 2 is 1.68 bits per heavy atom. The number of halogens is 1. The summed E-state index contributed by atoms with van der Waals surface area (Å²) in [5, 5.41) is 12.5. The van der Waals surface area contributed by atoms with Gasteiger partial charge < -0.3 is 5.32 Å². The van der Waals surface area contributed by atoms with Crippen molar-refractivity contribution in [2.75, 3.05) is 10.7 Å². The van der Waals surface area contributed by atoms with Gasteiger partial charge in [-0.2, -0.15) is 5.01 Å². The largest absolute Gasteiger partial charge is 0.331 e. The number of carbonyl (C=O) groups excluding carboxylic acids is 1. The Bertz CT molecular complexity index is 1620. The average molecular weight is 551 g/mol. The molecule has 9 nitrogen and oxygen atoms in total. The molecule has 0 aliphatic carbocycles. The van der Waals surface area contributed by atoms with Gasteiger partial charge in [0, 0.05) is 21.7 Å². The lowest BCUT2D eigenvalue weighted by molar-refractivity contribution is -0.121. The molecular weight excluding hydrogens is 532 g/mol. The molecule has 1 amide bonds. The highest BCUT2D eigenvalue weighted by atomic mass is 35.5. The molecule has 4 N–H and O–H groups in total. The maximum Gasteiger partial charge on any atom is 0.297 e. The topological polar surface area (TPSA) is 130 Å². The van der Waals surface area contributed by atoms with Crippen molar-refractivity contribution in [3.63, 3.8) is 0 Å². The number of anilines is 3. The lowest BCUT2D eigenvalue weighted by Gasteiger charge is -2.18. The third kappa shape index (κ3) is 5.70. The maximum atomic E-state index is 13.3. The van der Waals surface area contributed by atoms with Crippen LogP contribution in [-0.4, -0.2) is 30.2 Å². The van der Waals surface area contributed by atoms with E-state index in [1.54, 1.807) is 35.7 Å². The minimum absolute atomic E-state index is 0.0160. The van der Waals surface area contributed by atoms with E-state index in [0.717, 1.165) is 11.1 Å². The average Bonchev–Trinajstić information content (AvgIpc) is 3.45. The van der Waals surface area contributed by atoms with Crippen molar-refractivity contribution in [1.82, 2.24) is 9.99 Å². The summed E-state index contributed by atoms with van der Waals surface area (Å²) in [6, 6.07) is 22.5. The Labute approximate surface area is 222 Å². The van der Waals surface area contributed by atoms with Crippen molar-refractivity contribution in [2.45, 2.75) is 4.90 Å². The molecule has 0 radical (unpaired) electrons. The number of carbonyl (C=O) groups is 1. The smallest absolute Gasteiger partial charge is 0.297 e. The van der Waals surface area contributed by atoms with Crippen LogP contribution in [-0.2, 0) is 14.8 Å². The standard InChI is InChI=1S/C25H19ClN6O3S2/c26-18-8-6-16(7-9-18)14-21-24(33)32(23(29-21)17-4-2-1-3-5-17)31-22-15-36-25(30-22)28-19-10-12-20(13-11-19)37(27,34)35/h1-15,31H,(H,28,30)(H2,27,34,35)/b21-14+. The van der Waals surface area contributed by atoms with E-state index in [1.165, 1.54) is 28.5 Å². The minimum Gasteiger partial charge on any atom is -0.331 e. The first kappa shape index (κ1) is 24.7. The Morgan fingerprint density at radius 3 is 2.35 bits per heavy atom. The van der Waals surface area contributed by atoms with Crippen molar-refractivity contribution in [2.24, 2.45) is 10.1 Å². The van der Waals surface area contributed by atoms with E-state index in [0.29, 0.717) is 27.5 Å². The molecule has 0 unspecified atom stereocenters.